The van der Waals surface area contributed by atoms with E-state index < -0.39 is 0 Å². The van der Waals surface area contributed by atoms with Gasteiger partial charge in [0.25, 0.3) is 0 Å². The number of hydrogen-bond donors (Lipinski definition) is 2. The van der Waals surface area contributed by atoms with E-state index in [0.29, 0.717) is 11.6 Å². The van der Waals surface area contributed by atoms with Crippen LogP contribution in [0.5, 0.6) is 11.5 Å². The van der Waals surface area contributed by atoms with E-state index in [1.54, 1.807) is 24.2 Å². The van der Waals surface area contributed by atoms with Gasteiger partial charge in [0, 0.05) is 29.2 Å². The Bertz CT molecular complexity index is 1000. The number of hydrogen-bond acceptors (Lipinski definition) is 7. The number of para-hydroxylation sites is 1. The molecule has 3 heterocycles. The third kappa shape index (κ3) is 4.47. The summed E-state index contributed by atoms with van der Waals surface area (Å²) < 4.78 is 6.19. The molecule has 0 fully saturated rings. The zero-order valence-electron chi connectivity index (χ0n) is 14.5. The Morgan fingerprint density at radius 1 is 1.15 bits per heavy atom. The second-order valence-corrected chi connectivity index (χ2v) is 7.57. The van der Waals surface area contributed by atoms with E-state index in [9.17, 15) is 0 Å². The van der Waals surface area contributed by atoms with Gasteiger partial charge in [-0.15, -0.1) is 23.1 Å². The zero-order valence-corrected chi connectivity index (χ0v) is 16.2. The van der Waals surface area contributed by atoms with Crippen LogP contribution in [-0.2, 0) is 5.75 Å². The molecule has 2 N–H and O–H groups in total. The highest BCUT2D eigenvalue weighted by Crippen LogP contribution is 2.40. The van der Waals surface area contributed by atoms with Gasteiger partial charge in [0.1, 0.15) is 5.75 Å². The van der Waals surface area contributed by atoms with E-state index in [0.717, 1.165) is 32.9 Å². The zero-order chi connectivity index (χ0) is 18.5. The van der Waals surface area contributed by atoms with Crippen molar-refractivity contribution >= 4 is 34.0 Å². The van der Waals surface area contributed by atoms with Crippen molar-refractivity contribution in [3.8, 4) is 11.5 Å². The van der Waals surface area contributed by atoms with Gasteiger partial charge >= 0.3 is 0 Å². The van der Waals surface area contributed by atoms with Crippen molar-refractivity contribution in [2.24, 2.45) is 0 Å². The third-order valence-electron chi connectivity index (χ3n) is 3.62. The lowest BCUT2D eigenvalue weighted by Gasteiger charge is -2.14. The summed E-state index contributed by atoms with van der Waals surface area (Å²) in [6.45, 7) is 1.97. The van der Waals surface area contributed by atoms with Crippen LogP contribution in [0.1, 0.15) is 11.4 Å². The number of aromatic nitrogens is 4. The van der Waals surface area contributed by atoms with Gasteiger partial charge < -0.3 is 10.1 Å². The Hall–Kier alpha value is -2.84. The molecule has 4 aromatic rings. The third-order valence-corrected chi connectivity index (χ3v) is 5.58. The molecule has 8 heteroatoms. The maximum atomic E-state index is 6.19. The van der Waals surface area contributed by atoms with Crippen LogP contribution in [0.4, 0.5) is 10.9 Å². The molecule has 0 aliphatic rings. The highest BCUT2D eigenvalue weighted by Gasteiger charge is 2.15. The van der Waals surface area contributed by atoms with Gasteiger partial charge in [-0.3, -0.25) is 5.10 Å². The quantitative estimate of drug-likeness (QED) is 0.408. The molecule has 0 spiro atoms. The van der Waals surface area contributed by atoms with Gasteiger partial charge in [0.05, 0.1) is 10.6 Å². The molecule has 0 atom stereocenters. The molecule has 0 saturated carbocycles. The maximum absolute atomic E-state index is 6.19. The Morgan fingerprint density at radius 3 is 2.78 bits per heavy atom. The minimum Gasteiger partial charge on any atom is -0.452 e. The summed E-state index contributed by atoms with van der Waals surface area (Å²) >= 11 is 3.20. The van der Waals surface area contributed by atoms with Crippen LogP contribution in [0.3, 0.4) is 0 Å². The first-order chi connectivity index (χ1) is 13.3. The van der Waals surface area contributed by atoms with Crippen molar-refractivity contribution < 1.29 is 4.74 Å². The smallest absolute Gasteiger partial charge is 0.188 e. The lowest BCUT2D eigenvalue weighted by atomic mass is 10.3. The predicted molar refractivity (Wildman–Crippen MR) is 109 cm³/mol. The second kappa shape index (κ2) is 8.24. The average molecular weight is 396 g/mol. The average Bonchev–Trinajstić information content (AvgIpc) is 3.34. The van der Waals surface area contributed by atoms with Crippen LogP contribution in [0.25, 0.3) is 0 Å². The van der Waals surface area contributed by atoms with Crippen molar-refractivity contribution in [1.82, 2.24) is 20.2 Å². The summed E-state index contributed by atoms with van der Waals surface area (Å²) in [6.07, 6.45) is 3.53. The number of ether oxygens (including phenoxy) is 1. The van der Waals surface area contributed by atoms with Crippen molar-refractivity contribution in [2.75, 3.05) is 5.32 Å². The van der Waals surface area contributed by atoms with Crippen LogP contribution < -0.4 is 10.1 Å². The number of aryl methyl sites for hydroxylation is 1. The Balaban J connectivity index is 1.65. The second-order valence-electron chi connectivity index (χ2n) is 5.69. The van der Waals surface area contributed by atoms with Crippen molar-refractivity contribution in [2.45, 2.75) is 17.6 Å². The Labute approximate surface area is 165 Å². The molecule has 0 amide bonds. The number of benzene rings is 1. The molecule has 27 heavy (non-hydrogen) atoms. The number of aromatic amines is 1. The standard InChI is InChI=1S/C19H17N5OS2/c1-13-11-27-19(22-13)23-18-17(25-15-5-3-2-4-6-15)16(8-9-20-18)26-12-14-7-10-21-24-14/h2-11H,12H2,1H3,(H,21,24)(H,20,22,23). The molecule has 0 aliphatic carbocycles. The predicted octanol–water partition coefficient (Wildman–Crippen LogP) is 5.40. The molecule has 0 unspecified atom stereocenters. The van der Waals surface area contributed by atoms with E-state index in [-0.39, 0.29) is 0 Å². The molecule has 3 aromatic heterocycles. The number of thiazole rings is 1. The summed E-state index contributed by atoms with van der Waals surface area (Å²) in [7, 11) is 0. The minimum atomic E-state index is 0.641. The first-order valence-corrected chi connectivity index (χ1v) is 10.2. The Morgan fingerprint density at radius 2 is 2.04 bits per heavy atom. The molecule has 0 saturated heterocycles. The number of pyridine rings is 1. The summed E-state index contributed by atoms with van der Waals surface area (Å²) in [4.78, 5) is 9.93. The number of H-pyrrole nitrogens is 1. The normalized spacial score (nSPS) is 10.7. The van der Waals surface area contributed by atoms with Crippen LogP contribution in [0, 0.1) is 6.92 Å². The molecular weight excluding hydrogens is 378 g/mol. The van der Waals surface area contributed by atoms with Gasteiger partial charge in [0.2, 0.25) is 0 Å². The van der Waals surface area contributed by atoms with Crippen molar-refractivity contribution in [1.29, 1.82) is 0 Å². The fourth-order valence-corrected chi connectivity index (χ4v) is 3.96. The molecule has 136 valence electrons. The minimum absolute atomic E-state index is 0.641. The van der Waals surface area contributed by atoms with Gasteiger partial charge in [-0.25, -0.2) is 9.97 Å². The molecule has 0 aliphatic heterocycles. The topological polar surface area (TPSA) is 75.7 Å². The fourth-order valence-electron chi connectivity index (χ4n) is 2.37. The van der Waals surface area contributed by atoms with E-state index in [4.69, 9.17) is 4.74 Å². The first kappa shape index (κ1) is 17.6. The van der Waals surface area contributed by atoms with Crippen molar-refractivity contribution in [3.63, 3.8) is 0 Å². The van der Waals surface area contributed by atoms with Gasteiger partial charge in [-0.05, 0) is 31.2 Å². The fraction of sp³-hybridized carbons (Fsp3) is 0.105. The largest absolute Gasteiger partial charge is 0.452 e. The molecule has 1 aromatic carbocycles. The number of nitrogens with one attached hydrogen (secondary N) is 2. The summed E-state index contributed by atoms with van der Waals surface area (Å²) in [6, 6.07) is 13.6. The monoisotopic (exact) mass is 395 g/mol. The molecule has 4 rings (SSSR count). The molecule has 6 nitrogen and oxygen atoms in total. The van der Waals surface area contributed by atoms with Gasteiger partial charge in [-0.1, -0.05) is 18.2 Å². The number of rotatable bonds is 7. The van der Waals surface area contributed by atoms with Gasteiger partial charge in [0.15, 0.2) is 16.7 Å². The van der Waals surface area contributed by atoms with E-state index in [1.807, 2.05) is 54.8 Å². The lowest BCUT2D eigenvalue weighted by Crippen LogP contribution is -1.99. The highest BCUT2D eigenvalue weighted by molar-refractivity contribution is 7.98. The highest BCUT2D eigenvalue weighted by atomic mass is 32.2. The molecular formula is C19H17N5OS2. The number of thioether (sulfide) groups is 1. The molecule has 0 radical (unpaired) electrons. The summed E-state index contributed by atoms with van der Waals surface area (Å²) in [5, 5.41) is 13.0. The van der Waals surface area contributed by atoms with E-state index >= 15 is 0 Å². The van der Waals surface area contributed by atoms with Crippen molar-refractivity contribution in [3.05, 3.63) is 71.6 Å². The van der Waals surface area contributed by atoms with Crippen LogP contribution in [0.15, 0.2) is 65.1 Å². The van der Waals surface area contributed by atoms with Crippen LogP contribution >= 0.6 is 23.1 Å². The maximum Gasteiger partial charge on any atom is 0.188 e. The first-order valence-electron chi connectivity index (χ1n) is 8.30. The SMILES string of the molecule is Cc1csc(Nc2nccc(SCc3ccn[nH]3)c2Oc2ccccc2)n1. The summed E-state index contributed by atoms with van der Waals surface area (Å²) in [5.41, 5.74) is 2.02. The van der Waals surface area contributed by atoms with Crippen LogP contribution in [0.2, 0.25) is 0 Å². The van der Waals surface area contributed by atoms with Gasteiger partial charge in [-0.2, -0.15) is 5.10 Å². The summed E-state index contributed by atoms with van der Waals surface area (Å²) in [5.74, 6) is 2.83. The van der Waals surface area contributed by atoms with Crippen LogP contribution in [-0.4, -0.2) is 20.2 Å². The lowest BCUT2D eigenvalue weighted by molar-refractivity contribution is 0.471. The molecule has 0 bridgehead atoms. The van der Waals surface area contributed by atoms with E-state index in [1.165, 1.54) is 11.3 Å². The number of nitrogens with zero attached hydrogens (tertiary/aromatic N) is 3. The van der Waals surface area contributed by atoms with E-state index in [2.05, 4.69) is 25.5 Å². The Kier molecular flexibility index (Phi) is 5.36. The number of anilines is 2.